The number of fused-ring (bicyclic) bond motifs is 1. The molecule has 1 aromatic heterocycles. The summed E-state index contributed by atoms with van der Waals surface area (Å²) in [5, 5.41) is 10.5. The Labute approximate surface area is 122 Å². The van der Waals surface area contributed by atoms with E-state index in [1.54, 1.807) is 0 Å². The van der Waals surface area contributed by atoms with E-state index in [1.807, 2.05) is 43.3 Å². The van der Waals surface area contributed by atoms with Crippen molar-refractivity contribution in [2.75, 3.05) is 0 Å². The van der Waals surface area contributed by atoms with Crippen molar-refractivity contribution in [3.63, 3.8) is 0 Å². The molecule has 96 valence electrons. The molecule has 3 heteroatoms. The SMILES string of the molecule is Cc1c(C#N)c(Cl)nc2cccc(-c3ccccc3)c12. The Balaban J connectivity index is 2.44. The van der Waals surface area contributed by atoms with E-state index in [2.05, 4.69) is 23.2 Å². The zero-order chi connectivity index (χ0) is 14.1. The fraction of sp³-hybridized carbons (Fsp3) is 0.0588. The Bertz CT molecular complexity index is 833. The van der Waals surface area contributed by atoms with E-state index in [0.717, 1.165) is 27.6 Å². The molecule has 0 aliphatic rings. The molecule has 0 amide bonds. The van der Waals surface area contributed by atoms with Crippen LogP contribution in [0.2, 0.25) is 5.15 Å². The van der Waals surface area contributed by atoms with Gasteiger partial charge in [-0.05, 0) is 29.7 Å². The predicted octanol–water partition coefficient (Wildman–Crippen LogP) is 4.74. The standard InChI is InChI=1S/C17H11ClN2/c1-11-14(10-19)17(18)20-15-9-5-8-13(16(11)15)12-6-3-2-4-7-12/h2-9H,1H3. The summed E-state index contributed by atoms with van der Waals surface area (Å²) in [5.74, 6) is 0. The van der Waals surface area contributed by atoms with Gasteiger partial charge < -0.3 is 0 Å². The number of pyridine rings is 1. The summed E-state index contributed by atoms with van der Waals surface area (Å²) in [6.45, 7) is 1.92. The monoisotopic (exact) mass is 278 g/mol. The molecule has 0 N–H and O–H groups in total. The molecule has 0 atom stereocenters. The Morgan fingerprint density at radius 3 is 2.50 bits per heavy atom. The smallest absolute Gasteiger partial charge is 0.147 e. The van der Waals surface area contributed by atoms with Crippen molar-refractivity contribution in [3.8, 4) is 17.2 Å². The topological polar surface area (TPSA) is 36.7 Å². The van der Waals surface area contributed by atoms with Gasteiger partial charge in [0.2, 0.25) is 0 Å². The molecule has 20 heavy (non-hydrogen) atoms. The fourth-order valence-electron chi connectivity index (χ4n) is 2.46. The van der Waals surface area contributed by atoms with Crippen LogP contribution in [0.5, 0.6) is 0 Å². The summed E-state index contributed by atoms with van der Waals surface area (Å²) in [4.78, 5) is 4.34. The third-order valence-electron chi connectivity index (χ3n) is 3.41. The van der Waals surface area contributed by atoms with Crippen LogP contribution >= 0.6 is 11.6 Å². The normalized spacial score (nSPS) is 10.4. The summed E-state index contributed by atoms with van der Waals surface area (Å²) in [5.41, 5.74) is 4.31. The summed E-state index contributed by atoms with van der Waals surface area (Å²) < 4.78 is 0. The van der Waals surface area contributed by atoms with Crippen molar-refractivity contribution in [2.24, 2.45) is 0 Å². The first-order chi connectivity index (χ1) is 9.72. The number of aromatic nitrogens is 1. The Kier molecular flexibility index (Phi) is 3.14. The second-order valence-electron chi connectivity index (χ2n) is 4.58. The van der Waals surface area contributed by atoms with Crippen molar-refractivity contribution >= 4 is 22.5 Å². The second-order valence-corrected chi connectivity index (χ2v) is 4.94. The molecule has 3 aromatic rings. The lowest BCUT2D eigenvalue weighted by Gasteiger charge is -2.11. The first kappa shape index (κ1) is 12.7. The number of halogens is 1. The lowest BCUT2D eigenvalue weighted by atomic mass is 9.96. The van der Waals surface area contributed by atoms with Crippen LogP contribution in [0.15, 0.2) is 48.5 Å². The van der Waals surface area contributed by atoms with Gasteiger partial charge in [-0.2, -0.15) is 5.26 Å². The average molecular weight is 279 g/mol. The van der Waals surface area contributed by atoms with Crippen LogP contribution < -0.4 is 0 Å². The molecule has 0 unspecified atom stereocenters. The van der Waals surface area contributed by atoms with Crippen LogP contribution in [0.1, 0.15) is 11.1 Å². The summed E-state index contributed by atoms with van der Waals surface area (Å²) in [7, 11) is 0. The zero-order valence-electron chi connectivity index (χ0n) is 10.9. The first-order valence-electron chi connectivity index (χ1n) is 6.26. The Hall–Kier alpha value is -2.37. The predicted molar refractivity (Wildman–Crippen MR) is 81.6 cm³/mol. The van der Waals surface area contributed by atoms with Gasteiger partial charge >= 0.3 is 0 Å². The van der Waals surface area contributed by atoms with Crippen LogP contribution in [-0.4, -0.2) is 4.98 Å². The highest BCUT2D eigenvalue weighted by atomic mass is 35.5. The molecule has 2 nitrogen and oxygen atoms in total. The highest BCUT2D eigenvalue weighted by Gasteiger charge is 2.13. The van der Waals surface area contributed by atoms with Crippen LogP contribution in [-0.2, 0) is 0 Å². The summed E-state index contributed by atoms with van der Waals surface area (Å²) in [6.07, 6.45) is 0. The van der Waals surface area contributed by atoms with Gasteiger partial charge in [0.1, 0.15) is 11.2 Å². The molecule has 3 rings (SSSR count). The number of benzene rings is 2. The molecule has 0 saturated carbocycles. The first-order valence-corrected chi connectivity index (χ1v) is 6.64. The lowest BCUT2D eigenvalue weighted by molar-refractivity contribution is 1.32. The number of rotatable bonds is 1. The van der Waals surface area contributed by atoms with Gasteiger partial charge in [-0.3, -0.25) is 0 Å². The van der Waals surface area contributed by atoms with Gasteiger partial charge in [0.25, 0.3) is 0 Å². The molecule has 0 aliphatic heterocycles. The third kappa shape index (κ3) is 1.93. The number of hydrogen-bond donors (Lipinski definition) is 0. The molecule has 0 saturated heterocycles. The van der Waals surface area contributed by atoms with Crippen LogP contribution in [0.25, 0.3) is 22.0 Å². The summed E-state index contributed by atoms with van der Waals surface area (Å²) in [6, 6.07) is 18.1. The number of nitrogens with zero attached hydrogens (tertiary/aromatic N) is 2. The molecular weight excluding hydrogens is 268 g/mol. The number of aryl methyl sites for hydroxylation is 1. The van der Waals surface area contributed by atoms with Crippen LogP contribution in [0.4, 0.5) is 0 Å². The lowest BCUT2D eigenvalue weighted by Crippen LogP contribution is -1.93. The molecule has 2 aromatic carbocycles. The summed E-state index contributed by atoms with van der Waals surface area (Å²) >= 11 is 6.07. The van der Waals surface area contributed by atoms with Crippen molar-refractivity contribution in [1.29, 1.82) is 5.26 Å². The average Bonchev–Trinajstić information content (AvgIpc) is 2.48. The fourth-order valence-corrected chi connectivity index (χ4v) is 2.73. The van der Waals surface area contributed by atoms with Gasteiger partial charge in [0.05, 0.1) is 11.1 Å². The van der Waals surface area contributed by atoms with E-state index >= 15 is 0 Å². The van der Waals surface area contributed by atoms with Crippen LogP contribution in [0.3, 0.4) is 0 Å². The molecule has 0 aliphatic carbocycles. The molecule has 0 spiro atoms. The minimum atomic E-state index is 0.266. The van der Waals surface area contributed by atoms with Gasteiger partial charge in [-0.15, -0.1) is 0 Å². The van der Waals surface area contributed by atoms with Crippen molar-refractivity contribution in [1.82, 2.24) is 4.98 Å². The number of nitriles is 1. The van der Waals surface area contributed by atoms with E-state index < -0.39 is 0 Å². The molecular formula is C17H11ClN2. The van der Waals surface area contributed by atoms with E-state index in [1.165, 1.54) is 0 Å². The third-order valence-corrected chi connectivity index (χ3v) is 3.69. The van der Waals surface area contributed by atoms with Crippen molar-refractivity contribution in [3.05, 3.63) is 64.8 Å². The molecule has 0 bridgehead atoms. The van der Waals surface area contributed by atoms with Gasteiger partial charge in [0, 0.05) is 5.39 Å². The maximum absolute atomic E-state index is 9.25. The molecule has 0 radical (unpaired) electrons. The van der Waals surface area contributed by atoms with Crippen molar-refractivity contribution in [2.45, 2.75) is 6.92 Å². The van der Waals surface area contributed by atoms with Crippen molar-refractivity contribution < 1.29 is 0 Å². The van der Waals surface area contributed by atoms with Crippen LogP contribution in [0, 0.1) is 18.3 Å². The zero-order valence-corrected chi connectivity index (χ0v) is 11.6. The van der Waals surface area contributed by atoms with Gasteiger partial charge in [-0.25, -0.2) is 4.98 Å². The molecule has 0 fully saturated rings. The highest BCUT2D eigenvalue weighted by Crippen LogP contribution is 2.33. The largest absolute Gasteiger partial charge is 0.235 e. The number of hydrogen-bond acceptors (Lipinski definition) is 2. The Morgan fingerprint density at radius 2 is 1.80 bits per heavy atom. The van der Waals surface area contributed by atoms with E-state index in [4.69, 9.17) is 11.6 Å². The highest BCUT2D eigenvalue weighted by molar-refractivity contribution is 6.31. The maximum atomic E-state index is 9.25. The second kappa shape index (κ2) is 4.96. The minimum absolute atomic E-state index is 0.266. The van der Waals surface area contributed by atoms with Gasteiger partial charge in [0.15, 0.2) is 0 Å². The molecule has 1 heterocycles. The minimum Gasteiger partial charge on any atom is -0.235 e. The van der Waals surface area contributed by atoms with E-state index in [9.17, 15) is 5.26 Å². The quantitative estimate of drug-likeness (QED) is 0.603. The van der Waals surface area contributed by atoms with Gasteiger partial charge in [-0.1, -0.05) is 54.1 Å². The maximum Gasteiger partial charge on any atom is 0.147 e. The van der Waals surface area contributed by atoms with E-state index in [0.29, 0.717) is 5.56 Å². The Morgan fingerprint density at radius 1 is 1.05 bits per heavy atom. The van der Waals surface area contributed by atoms with E-state index in [-0.39, 0.29) is 5.15 Å².